The summed E-state index contributed by atoms with van der Waals surface area (Å²) in [6, 6.07) is 9.26. The predicted octanol–water partition coefficient (Wildman–Crippen LogP) is 5.58. The molecule has 1 fully saturated rings. The molecule has 0 saturated heterocycles. The molecule has 1 aromatic carbocycles. The Morgan fingerprint density at radius 3 is 2.48 bits per heavy atom. The third kappa shape index (κ3) is 10.2. The van der Waals surface area contributed by atoms with Crippen LogP contribution in [0, 0.1) is 0 Å². The number of carbonyl (C=O) groups is 1. The number of hydrogen-bond acceptors (Lipinski definition) is 10. The molecule has 4 rings (SSSR count). The Labute approximate surface area is 264 Å². The van der Waals surface area contributed by atoms with E-state index in [1.54, 1.807) is 24.7 Å². The van der Waals surface area contributed by atoms with E-state index in [4.69, 9.17) is 14.5 Å². The molecule has 3 aromatic rings. The molecule has 11 nitrogen and oxygen atoms in total. The normalized spacial score (nSPS) is 17.4. The molecule has 240 valence electrons. The highest BCUT2D eigenvalue weighted by atomic mass is 32.2. The molecule has 0 aliphatic heterocycles. The van der Waals surface area contributed by atoms with Crippen LogP contribution in [0.3, 0.4) is 0 Å². The van der Waals surface area contributed by atoms with Crippen LogP contribution in [-0.4, -0.2) is 55.6 Å². The molecule has 13 heteroatoms. The number of nitrogens with zero attached hydrogens (tertiary/aromatic N) is 2. The number of alkyl carbamates (subject to hydrolysis) is 1. The second kappa shape index (κ2) is 15.3. The molecule has 0 atom stereocenters. The molecule has 44 heavy (non-hydrogen) atoms. The lowest BCUT2D eigenvalue weighted by Gasteiger charge is -2.28. The van der Waals surface area contributed by atoms with Crippen LogP contribution in [-0.2, 0) is 26.0 Å². The number of ether oxygens (including phenoxy) is 2. The third-order valence-electron chi connectivity index (χ3n) is 6.90. The molecule has 1 saturated carbocycles. The van der Waals surface area contributed by atoms with Crippen LogP contribution in [0.4, 0.5) is 10.5 Å². The molecule has 1 aliphatic carbocycles. The van der Waals surface area contributed by atoms with Crippen LogP contribution in [0.15, 0.2) is 53.8 Å². The van der Waals surface area contributed by atoms with Gasteiger partial charge in [0.2, 0.25) is 10.0 Å². The van der Waals surface area contributed by atoms with E-state index in [-0.39, 0.29) is 35.8 Å². The smallest absolute Gasteiger partial charge is 0.407 e. The molecule has 0 radical (unpaired) electrons. The van der Waals surface area contributed by atoms with Gasteiger partial charge in [-0.05, 0) is 90.1 Å². The first kappa shape index (κ1) is 33.8. The molecule has 2 aromatic heterocycles. The van der Waals surface area contributed by atoms with Gasteiger partial charge in [0, 0.05) is 53.9 Å². The maximum atomic E-state index is 13.6. The number of carbonyl (C=O) groups excluding carboxylic acids is 1. The van der Waals surface area contributed by atoms with Crippen molar-refractivity contribution in [2.75, 3.05) is 18.8 Å². The molecule has 1 amide bonds. The Bertz CT molecular complexity index is 1470. The second-order valence-corrected chi connectivity index (χ2v) is 14.9. The van der Waals surface area contributed by atoms with Crippen molar-refractivity contribution >= 4 is 33.1 Å². The fourth-order valence-electron chi connectivity index (χ4n) is 4.97. The van der Waals surface area contributed by atoms with Gasteiger partial charge in [0.1, 0.15) is 6.73 Å². The Kier molecular flexibility index (Phi) is 11.7. The summed E-state index contributed by atoms with van der Waals surface area (Å²) in [6.45, 7) is 10.3. The van der Waals surface area contributed by atoms with Gasteiger partial charge in [-0.1, -0.05) is 6.07 Å². The molecule has 0 spiro atoms. The second-order valence-electron chi connectivity index (χ2n) is 12.2. The fraction of sp³-hybridized carbons (Fsp3) is 0.516. The Morgan fingerprint density at radius 1 is 1.07 bits per heavy atom. The van der Waals surface area contributed by atoms with E-state index >= 15 is 0 Å². The number of pyridine rings is 1. The van der Waals surface area contributed by atoms with E-state index in [0.717, 1.165) is 41.1 Å². The zero-order chi connectivity index (χ0) is 31.7. The van der Waals surface area contributed by atoms with E-state index in [1.807, 2.05) is 58.9 Å². The van der Waals surface area contributed by atoms with Gasteiger partial charge >= 0.3 is 6.09 Å². The van der Waals surface area contributed by atoms with Crippen molar-refractivity contribution in [1.29, 1.82) is 0 Å². The number of thiazole rings is 1. The predicted molar refractivity (Wildman–Crippen MR) is 173 cm³/mol. The van der Waals surface area contributed by atoms with E-state index in [0.29, 0.717) is 24.5 Å². The molecular formula is C31H44N6O5S2. The molecular weight excluding hydrogens is 601 g/mol. The number of aromatic nitrogens is 2. The van der Waals surface area contributed by atoms with E-state index in [9.17, 15) is 13.2 Å². The standard InChI is InChI=1S/C31H44N6O5S2/c1-21(2)42-30(38)36-24-8-6-23(7-9-24)29-34-18-27(43-29)26-11-10-25(16-28(26)44(39,40)37-31(3,4)5)35-20-41-19-33-17-22-12-14-32-15-13-22/h10-16,18,21,23-24,33,35,37H,6-9,17,19-20H2,1-5H3,(H,36,38)/t23-,24-. The van der Waals surface area contributed by atoms with Crippen molar-refractivity contribution in [1.82, 2.24) is 25.3 Å². The van der Waals surface area contributed by atoms with Crippen LogP contribution >= 0.6 is 11.3 Å². The van der Waals surface area contributed by atoms with Gasteiger partial charge in [0.15, 0.2) is 0 Å². The van der Waals surface area contributed by atoms with Crippen LogP contribution in [0.25, 0.3) is 10.4 Å². The van der Waals surface area contributed by atoms with Crippen molar-refractivity contribution in [2.45, 2.75) is 95.3 Å². The quantitative estimate of drug-likeness (QED) is 0.139. The van der Waals surface area contributed by atoms with Gasteiger partial charge in [-0.25, -0.2) is 22.9 Å². The van der Waals surface area contributed by atoms with Crippen molar-refractivity contribution in [3.8, 4) is 10.4 Å². The molecule has 0 unspecified atom stereocenters. The zero-order valence-electron chi connectivity index (χ0n) is 26.1. The summed E-state index contributed by atoms with van der Waals surface area (Å²) in [6.07, 6.45) is 8.17. The van der Waals surface area contributed by atoms with Crippen LogP contribution in [0.2, 0.25) is 0 Å². The van der Waals surface area contributed by atoms with E-state index in [1.165, 1.54) is 11.3 Å². The van der Waals surface area contributed by atoms with Crippen LogP contribution < -0.4 is 20.7 Å². The number of amides is 1. The topological polar surface area (TPSA) is 144 Å². The minimum atomic E-state index is -3.85. The lowest BCUT2D eigenvalue weighted by atomic mass is 9.86. The highest BCUT2D eigenvalue weighted by Crippen LogP contribution is 2.40. The van der Waals surface area contributed by atoms with Gasteiger partial charge in [-0.2, -0.15) is 0 Å². The first-order chi connectivity index (χ1) is 20.9. The van der Waals surface area contributed by atoms with Gasteiger partial charge in [0.05, 0.1) is 27.6 Å². The molecule has 2 heterocycles. The van der Waals surface area contributed by atoms with E-state index < -0.39 is 15.6 Å². The highest BCUT2D eigenvalue weighted by molar-refractivity contribution is 7.89. The highest BCUT2D eigenvalue weighted by Gasteiger charge is 2.29. The maximum absolute atomic E-state index is 13.6. The first-order valence-electron chi connectivity index (χ1n) is 14.9. The zero-order valence-corrected chi connectivity index (χ0v) is 27.7. The van der Waals surface area contributed by atoms with Crippen molar-refractivity contribution in [3.05, 3.63) is 59.5 Å². The average Bonchev–Trinajstić information content (AvgIpc) is 3.44. The van der Waals surface area contributed by atoms with Crippen molar-refractivity contribution in [2.24, 2.45) is 0 Å². The van der Waals surface area contributed by atoms with E-state index in [2.05, 4.69) is 25.7 Å². The Hall–Kier alpha value is -3.10. The van der Waals surface area contributed by atoms with Gasteiger partial charge < -0.3 is 20.1 Å². The monoisotopic (exact) mass is 644 g/mol. The lowest BCUT2D eigenvalue weighted by molar-refractivity contribution is 0.109. The van der Waals surface area contributed by atoms with Crippen LogP contribution in [0.1, 0.15) is 76.8 Å². The lowest BCUT2D eigenvalue weighted by Crippen LogP contribution is -2.40. The minimum Gasteiger partial charge on any atom is -0.447 e. The Morgan fingerprint density at radius 2 is 1.80 bits per heavy atom. The summed E-state index contributed by atoms with van der Waals surface area (Å²) in [5.41, 5.74) is 1.68. The summed E-state index contributed by atoms with van der Waals surface area (Å²) >= 11 is 1.52. The summed E-state index contributed by atoms with van der Waals surface area (Å²) in [5, 5.41) is 10.3. The SMILES string of the molecule is CC(C)OC(=O)N[C@H]1CC[C@H](c2ncc(-c3ccc(NCOCNCc4ccncc4)cc3S(=O)(=O)NC(C)(C)C)s2)CC1. The van der Waals surface area contributed by atoms with Crippen LogP contribution in [0.5, 0.6) is 0 Å². The van der Waals surface area contributed by atoms with Crippen molar-refractivity contribution in [3.63, 3.8) is 0 Å². The summed E-state index contributed by atoms with van der Waals surface area (Å²) in [7, 11) is -3.85. The average molecular weight is 645 g/mol. The maximum Gasteiger partial charge on any atom is 0.407 e. The van der Waals surface area contributed by atoms with Crippen molar-refractivity contribution < 1.29 is 22.7 Å². The largest absolute Gasteiger partial charge is 0.447 e. The molecule has 4 N–H and O–H groups in total. The number of benzene rings is 1. The minimum absolute atomic E-state index is 0.0818. The van der Waals surface area contributed by atoms with Gasteiger partial charge in [-0.15, -0.1) is 11.3 Å². The number of anilines is 1. The number of nitrogens with one attached hydrogen (secondary N) is 4. The third-order valence-corrected chi connectivity index (χ3v) is 9.89. The number of hydrogen-bond donors (Lipinski definition) is 4. The number of rotatable bonds is 13. The van der Waals surface area contributed by atoms with Gasteiger partial charge in [0.25, 0.3) is 0 Å². The fourth-order valence-corrected chi connectivity index (χ4v) is 7.83. The molecule has 0 bridgehead atoms. The molecule has 1 aliphatic rings. The number of sulfonamides is 1. The first-order valence-corrected chi connectivity index (χ1v) is 17.2. The summed E-state index contributed by atoms with van der Waals surface area (Å²) in [5.74, 6) is 0.255. The Balaban J connectivity index is 1.41. The summed E-state index contributed by atoms with van der Waals surface area (Å²) in [4.78, 5) is 21.7. The van der Waals surface area contributed by atoms with Gasteiger partial charge in [-0.3, -0.25) is 10.3 Å². The summed E-state index contributed by atoms with van der Waals surface area (Å²) < 4.78 is 40.9.